The second-order valence-corrected chi connectivity index (χ2v) is 6.90. The summed E-state index contributed by atoms with van der Waals surface area (Å²) in [4.78, 5) is 4.35. The van der Waals surface area contributed by atoms with Crippen LogP contribution in [0.5, 0.6) is 5.75 Å². The Balaban J connectivity index is 1.37. The average Bonchev–Trinajstić information content (AvgIpc) is 3.33. The van der Waals surface area contributed by atoms with Gasteiger partial charge in [0.1, 0.15) is 18.1 Å². The van der Waals surface area contributed by atoms with Gasteiger partial charge in [-0.3, -0.25) is 4.98 Å². The molecule has 4 aromatic rings. The molecule has 3 heterocycles. The number of benzene rings is 2. The van der Waals surface area contributed by atoms with Crippen LogP contribution in [0.2, 0.25) is 5.02 Å². The largest absolute Gasteiger partial charge is 0.491 e. The van der Waals surface area contributed by atoms with Crippen molar-refractivity contribution in [3.63, 3.8) is 0 Å². The third-order valence-corrected chi connectivity index (χ3v) is 4.87. The molecule has 0 bridgehead atoms. The van der Waals surface area contributed by atoms with Crippen LogP contribution in [0.1, 0.15) is 11.3 Å². The van der Waals surface area contributed by atoms with Crippen molar-refractivity contribution in [3.05, 3.63) is 71.1 Å². The van der Waals surface area contributed by atoms with E-state index in [9.17, 15) is 5.02 Å². The molecule has 1 N–H and O–H groups in total. The van der Waals surface area contributed by atoms with Crippen LogP contribution in [0.25, 0.3) is 16.6 Å². The smallest absolute Gasteiger partial charge is 0.487 e. The molecule has 0 unspecified atom stereocenters. The van der Waals surface area contributed by atoms with Gasteiger partial charge >= 0.3 is 7.12 Å². The molecule has 0 aliphatic carbocycles. The van der Waals surface area contributed by atoms with Gasteiger partial charge in [0.25, 0.3) is 0 Å². The van der Waals surface area contributed by atoms with E-state index in [0.29, 0.717) is 23.1 Å². The molecule has 0 saturated heterocycles. The minimum absolute atomic E-state index is 0.270. The first-order valence-electron chi connectivity index (χ1n) is 8.68. The van der Waals surface area contributed by atoms with Gasteiger partial charge in [-0.1, -0.05) is 22.9 Å². The lowest BCUT2D eigenvalue weighted by molar-refractivity contribution is 0.273. The Kier molecular flexibility index (Phi) is 4.24. The molecule has 7 nitrogen and oxygen atoms in total. The second-order valence-electron chi connectivity index (χ2n) is 6.46. The van der Waals surface area contributed by atoms with Crippen molar-refractivity contribution in [1.29, 1.82) is 0 Å². The number of halogens is 1. The van der Waals surface area contributed by atoms with E-state index in [2.05, 4.69) is 15.3 Å². The zero-order chi connectivity index (χ0) is 19.1. The molecule has 0 fully saturated rings. The molecule has 1 aliphatic heterocycles. The van der Waals surface area contributed by atoms with Crippen molar-refractivity contribution in [2.75, 3.05) is 0 Å². The van der Waals surface area contributed by atoms with Gasteiger partial charge in [-0.05, 0) is 47.4 Å². The first-order valence-corrected chi connectivity index (χ1v) is 9.06. The Hall–Kier alpha value is -2.94. The summed E-state index contributed by atoms with van der Waals surface area (Å²) < 4.78 is 12.7. The third-order valence-electron chi connectivity index (χ3n) is 4.63. The summed E-state index contributed by atoms with van der Waals surface area (Å²) in [5.41, 5.74) is 4.06. The van der Waals surface area contributed by atoms with Crippen LogP contribution in [0.3, 0.4) is 0 Å². The normalized spacial score (nSPS) is 13.1. The van der Waals surface area contributed by atoms with Gasteiger partial charge in [-0.25, -0.2) is 4.68 Å². The number of fused-ring (bicyclic) bond motifs is 2. The van der Waals surface area contributed by atoms with Crippen LogP contribution in [0.15, 0.2) is 54.9 Å². The van der Waals surface area contributed by atoms with Gasteiger partial charge in [0.05, 0.1) is 24.0 Å². The van der Waals surface area contributed by atoms with Crippen molar-refractivity contribution in [2.24, 2.45) is 0 Å². The first kappa shape index (κ1) is 17.2. The zero-order valence-corrected chi connectivity index (χ0v) is 15.4. The molecule has 1 aliphatic rings. The minimum atomic E-state index is -0.854. The van der Waals surface area contributed by atoms with Gasteiger partial charge in [-0.2, -0.15) is 0 Å². The topological polar surface area (TPSA) is 82.3 Å². The van der Waals surface area contributed by atoms with Crippen LogP contribution in [0.4, 0.5) is 0 Å². The van der Waals surface area contributed by atoms with Crippen LogP contribution < -0.4 is 10.2 Å². The quantitative estimate of drug-likeness (QED) is 0.537. The van der Waals surface area contributed by atoms with Crippen molar-refractivity contribution < 1.29 is 14.4 Å². The lowest BCUT2D eigenvalue weighted by Gasteiger charge is -2.06. The number of hydrogen-bond acceptors (Lipinski definition) is 6. The Bertz CT molecular complexity index is 1180. The Labute approximate surface area is 165 Å². The fourth-order valence-electron chi connectivity index (χ4n) is 3.24. The van der Waals surface area contributed by atoms with Crippen LogP contribution in [0, 0.1) is 0 Å². The lowest BCUT2D eigenvalue weighted by Crippen LogP contribution is -2.27. The Morgan fingerprint density at radius 3 is 3.07 bits per heavy atom. The van der Waals surface area contributed by atoms with Crippen molar-refractivity contribution in [1.82, 2.24) is 20.0 Å². The molecule has 9 heteroatoms. The monoisotopic (exact) mass is 392 g/mol. The van der Waals surface area contributed by atoms with Crippen molar-refractivity contribution in [2.45, 2.75) is 13.2 Å². The van der Waals surface area contributed by atoms with Crippen LogP contribution in [-0.4, -0.2) is 32.1 Å². The van der Waals surface area contributed by atoms with E-state index in [1.54, 1.807) is 16.9 Å². The number of aromatic nitrogens is 4. The van der Waals surface area contributed by atoms with Crippen molar-refractivity contribution in [3.8, 4) is 11.4 Å². The molecule has 28 heavy (non-hydrogen) atoms. The molecular formula is C19H14BClN4O3. The molecule has 138 valence electrons. The predicted molar refractivity (Wildman–Crippen MR) is 105 cm³/mol. The molecule has 0 saturated carbocycles. The number of ether oxygens (including phenoxy) is 1. The molecule has 0 atom stereocenters. The molecule has 0 radical (unpaired) electrons. The maximum atomic E-state index is 9.69. The van der Waals surface area contributed by atoms with Gasteiger partial charge in [0.15, 0.2) is 0 Å². The Morgan fingerprint density at radius 1 is 1.21 bits per heavy atom. The fraction of sp³-hybridized carbons (Fsp3) is 0.105. The average molecular weight is 393 g/mol. The highest BCUT2D eigenvalue weighted by molar-refractivity contribution is 6.61. The fourth-order valence-corrected chi connectivity index (χ4v) is 3.41. The maximum absolute atomic E-state index is 9.69. The summed E-state index contributed by atoms with van der Waals surface area (Å²) in [7, 11) is -0.854. The summed E-state index contributed by atoms with van der Waals surface area (Å²) in [6.07, 6.45) is 3.54. The van der Waals surface area contributed by atoms with E-state index >= 15 is 0 Å². The van der Waals surface area contributed by atoms with Gasteiger partial charge in [0, 0.05) is 16.6 Å². The van der Waals surface area contributed by atoms with Gasteiger partial charge < -0.3 is 14.4 Å². The van der Waals surface area contributed by atoms with E-state index in [1.807, 2.05) is 42.6 Å². The van der Waals surface area contributed by atoms with Crippen LogP contribution in [-0.2, 0) is 17.9 Å². The molecule has 2 aromatic heterocycles. The SMILES string of the molecule is OB1OCc2cc(OCc3cn(-c4ccnc5ccc(Cl)cc45)nn3)ccc21. The standard InChI is InChI=1S/C19H14BClN4O3/c21-13-1-4-18-16(8-13)19(5-6-22-18)25-9-14(23-24-25)11-27-15-2-3-17-12(7-15)10-28-20(17)26/h1-9,26H,10-11H2. The number of hydrogen-bond donors (Lipinski definition) is 1. The molecule has 0 spiro atoms. The number of pyridine rings is 1. The minimum Gasteiger partial charge on any atom is -0.487 e. The molecule has 5 rings (SSSR count). The first-order chi connectivity index (χ1) is 13.7. The van der Waals surface area contributed by atoms with E-state index in [1.165, 1.54) is 0 Å². The highest BCUT2D eigenvalue weighted by atomic mass is 35.5. The highest BCUT2D eigenvalue weighted by Crippen LogP contribution is 2.24. The van der Waals surface area contributed by atoms with Crippen molar-refractivity contribution >= 4 is 35.1 Å². The van der Waals surface area contributed by atoms with E-state index in [4.69, 9.17) is 21.0 Å². The van der Waals surface area contributed by atoms with E-state index in [-0.39, 0.29) is 6.61 Å². The summed E-state index contributed by atoms with van der Waals surface area (Å²) in [6.45, 7) is 0.646. The van der Waals surface area contributed by atoms with Crippen LogP contribution >= 0.6 is 11.6 Å². The molecule has 2 aromatic carbocycles. The molecule has 0 amide bonds. The zero-order valence-electron chi connectivity index (χ0n) is 14.6. The summed E-state index contributed by atoms with van der Waals surface area (Å²) in [5, 5.41) is 19.6. The number of nitrogens with zero attached hydrogens (tertiary/aromatic N) is 4. The molecular weight excluding hydrogens is 378 g/mol. The van der Waals surface area contributed by atoms with Gasteiger partial charge in [0.2, 0.25) is 0 Å². The van der Waals surface area contributed by atoms with Gasteiger partial charge in [-0.15, -0.1) is 5.10 Å². The number of rotatable bonds is 4. The summed E-state index contributed by atoms with van der Waals surface area (Å²) in [6, 6.07) is 12.9. The third kappa shape index (κ3) is 3.11. The maximum Gasteiger partial charge on any atom is 0.491 e. The van der Waals surface area contributed by atoms with E-state index in [0.717, 1.165) is 27.6 Å². The highest BCUT2D eigenvalue weighted by Gasteiger charge is 2.27. The summed E-state index contributed by atoms with van der Waals surface area (Å²) >= 11 is 6.13. The Morgan fingerprint density at radius 2 is 2.14 bits per heavy atom. The second kappa shape index (κ2) is 6.90. The predicted octanol–water partition coefficient (Wildman–Crippen LogP) is 2.27. The van der Waals surface area contributed by atoms with E-state index < -0.39 is 7.12 Å². The summed E-state index contributed by atoms with van der Waals surface area (Å²) in [5.74, 6) is 0.687. The lowest BCUT2D eigenvalue weighted by atomic mass is 9.80.